The van der Waals surface area contributed by atoms with Crippen molar-refractivity contribution in [1.82, 2.24) is 20.0 Å². The molecule has 1 aromatic heterocycles. The first-order valence-electron chi connectivity index (χ1n) is 7.93. The van der Waals surface area contributed by atoms with Gasteiger partial charge in [0.15, 0.2) is 0 Å². The van der Waals surface area contributed by atoms with Crippen LogP contribution in [0.15, 0.2) is 6.07 Å². The lowest BCUT2D eigenvalue weighted by Crippen LogP contribution is -2.47. The van der Waals surface area contributed by atoms with E-state index in [4.69, 9.17) is 0 Å². The molecular formula is C15H26N4O3S. The molecule has 1 atom stereocenters. The summed E-state index contributed by atoms with van der Waals surface area (Å²) in [5.41, 5.74) is 2.02. The molecular weight excluding hydrogens is 316 g/mol. The van der Waals surface area contributed by atoms with Crippen molar-refractivity contribution in [3.8, 4) is 0 Å². The topological polar surface area (TPSA) is 84.3 Å². The second-order valence-electron chi connectivity index (χ2n) is 6.40. The Hall–Kier alpha value is -1.57. The van der Waals surface area contributed by atoms with Gasteiger partial charge in [-0.25, -0.2) is 13.2 Å². The fourth-order valence-electron chi connectivity index (χ4n) is 2.97. The highest BCUT2D eigenvalue weighted by Gasteiger charge is 2.28. The fourth-order valence-corrected chi connectivity index (χ4v) is 4.44. The monoisotopic (exact) mass is 342 g/mol. The molecule has 23 heavy (non-hydrogen) atoms. The molecule has 1 saturated heterocycles. The Kier molecular flexibility index (Phi) is 5.33. The maximum atomic E-state index is 12.3. The van der Waals surface area contributed by atoms with Gasteiger partial charge in [0.25, 0.3) is 0 Å². The van der Waals surface area contributed by atoms with E-state index in [1.807, 2.05) is 31.5 Å². The van der Waals surface area contributed by atoms with Gasteiger partial charge in [-0.3, -0.25) is 4.68 Å². The Balaban J connectivity index is 1.85. The summed E-state index contributed by atoms with van der Waals surface area (Å²) in [7, 11) is -1.18. The molecule has 0 aliphatic carbocycles. The summed E-state index contributed by atoms with van der Waals surface area (Å²) in [6, 6.07) is 1.89. The third-order valence-corrected chi connectivity index (χ3v) is 6.12. The van der Waals surface area contributed by atoms with Crippen molar-refractivity contribution in [3.63, 3.8) is 0 Å². The molecule has 2 heterocycles. The number of aryl methyl sites for hydroxylation is 2. The van der Waals surface area contributed by atoms with Crippen molar-refractivity contribution in [2.75, 3.05) is 25.1 Å². The van der Waals surface area contributed by atoms with Crippen LogP contribution in [0.3, 0.4) is 0 Å². The Bertz CT molecular complexity index is 654. The summed E-state index contributed by atoms with van der Waals surface area (Å²) in [6.07, 6.45) is 1.03. The molecule has 0 saturated carbocycles. The quantitative estimate of drug-likeness (QED) is 0.893. The highest BCUT2D eigenvalue weighted by Crippen LogP contribution is 2.17. The lowest BCUT2D eigenvalue weighted by Gasteiger charge is -2.31. The Morgan fingerprint density at radius 3 is 2.57 bits per heavy atom. The van der Waals surface area contributed by atoms with Crippen molar-refractivity contribution in [2.45, 2.75) is 45.7 Å². The Labute approximate surface area is 138 Å². The second-order valence-corrected chi connectivity index (χ2v) is 8.70. The summed E-state index contributed by atoms with van der Waals surface area (Å²) in [6.45, 7) is 6.43. The number of aromatic nitrogens is 2. The zero-order valence-corrected chi connectivity index (χ0v) is 15.1. The summed E-state index contributed by atoms with van der Waals surface area (Å²) >= 11 is 0. The summed E-state index contributed by atoms with van der Waals surface area (Å²) in [4.78, 5) is 13.9. The molecule has 1 fully saturated rings. The molecule has 0 aromatic carbocycles. The van der Waals surface area contributed by atoms with E-state index in [0.29, 0.717) is 19.4 Å². The van der Waals surface area contributed by atoms with Gasteiger partial charge in [0, 0.05) is 25.3 Å². The number of urea groups is 1. The van der Waals surface area contributed by atoms with Crippen LogP contribution < -0.4 is 5.32 Å². The number of sulfone groups is 1. The van der Waals surface area contributed by atoms with Crippen molar-refractivity contribution in [2.24, 2.45) is 0 Å². The van der Waals surface area contributed by atoms with E-state index in [1.54, 1.807) is 11.9 Å². The number of nitrogens with one attached hydrogen (secondary N) is 1. The van der Waals surface area contributed by atoms with E-state index in [9.17, 15) is 13.2 Å². The van der Waals surface area contributed by atoms with Gasteiger partial charge in [0.1, 0.15) is 9.84 Å². The van der Waals surface area contributed by atoms with Crippen LogP contribution in [-0.2, 0) is 9.84 Å². The van der Waals surface area contributed by atoms with Crippen molar-refractivity contribution >= 4 is 15.9 Å². The number of hydrogen-bond acceptors (Lipinski definition) is 4. The van der Waals surface area contributed by atoms with Gasteiger partial charge in [0.2, 0.25) is 0 Å². The first-order chi connectivity index (χ1) is 10.7. The number of carbonyl (C=O) groups is 1. The van der Waals surface area contributed by atoms with Crippen LogP contribution in [0.5, 0.6) is 0 Å². The van der Waals surface area contributed by atoms with Crippen LogP contribution in [-0.4, -0.2) is 60.3 Å². The van der Waals surface area contributed by atoms with E-state index in [2.05, 4.69) is 10.4 Å². The second kappa shape index (κ2) is 6.90. The third-order valence-electron chi connectivity index (χ3n) is 4.40. The fraction of sp³-hybridized carbons (Fsp3) is 0.733. The van der Waals surface area contributed by atoms with E-state index >= 15 is 0 Å². The van der Waals surface area contributed by atoms with Gasteiger partial charge < -0.3 is 10.2 Å². The number of carbonyl (C=O) groups excluding carboxylic acids is 1. The van der Waals surface area contributed by atoms with Crippen LogP contribution in [0, 0.1) is 13.8 Å². The molecule has 0 bridgehead atoms. The van der Waals surface area contributed by atoms with Gasteiger partial charge in [0.05, 0.1) is 23.2 Å². The largest absolute Gasteiger partial charge is 0.336 e. The van der Waals surface area contributed by atoms with Gasteiger partial charge in [-0.1, -0.05) is 0 Å². The van der Waals surface area contributed by atoms with E-state index in [-0.39, 0.29) is 29.6 Å². The van der Waals surface area contributed by atoms with E-state index < -0.39 is 9.84 Å². The van der Waals surface area contributed by atoms with Crippen molar-refractivity contribution < 1.29 is 13.2 Å². The zero-order valence-electron chi connectivity index (χ0n) is 14.2. The maximum Gasteiger partial charge on any atom is 0.317 e. The molecule has 0 unspecified atom stereocenters. The Morgan fingerprint density at radius 1 is 1.43 bits per heavy atom. The summed E-state index contributed by atoms with van der Waals surface area (Å²) in [5, 5.41) is 7.34. The Morgan fingerprint density at radius 2 is 2.04 bits per heavy atom. The molecule has 8 heteroatoms. The standard InChI is InChI=1S/C15H26N4O3S/c1-11-9-12(2)19(17-11)13(3)10-16-15(20)18(4)14-5-7-23(21,22)8-6-14/h9,13-14H,5-8,10H2,1-4H3,(H,16,20)/t13-/m1/s1. The molecule has 1 aromatic rings. The minimum Gasteiger partial charge on any atom is -0.336 e. The van der Waals surface area contributed by atoms with Gasteiger partial charge in [-0.05, 0) is 39.7 Å². The van der Waals surface area contributed by atoms with Crippen LogP contribution in [0.2, 0.25) is 0 Å². The molecule has 130 valence electrons. The predicted molar refractivity (Wildman–Crippen MR) is 89.2 cm³/mol. The highest BCUT2D eigenvalue weighted by atomic mass is 32.2. The number of hydrogen-bond donors (Lipinski definition) is 1. The minimum absolute atomic E-state index is 0.0116. The first kappa shape index (κ1) is 17.8. The van der Waals surface area contributed by atoms with Crippen LogP contribution in [0.1, 0.15) is 37.2 Å². The summed E-state index contributed by atoms with van der Waals surface area (Å²) in [5.74, 6) is 0.328. The molecule has 0 radical (unpaired) electrons. The van der Waals surface area contributed by atoms with Crippen LogP contribution >= 0.6 is 0 Å². The third kappa shape index (κ3) is 4.46. The highest BCUT2D eigenvalue weighted by molar-refractivity contribution is 7.91. The number of rotatable bonds is 4. The minimum atomic E-state index is -2.91. The molecule has 0 spiro atoms. The van der Waals surface area contributed by atoms with Crippen molar-refractivity contribution in [1.29, 1.82) is 0 Å². The molecule has 2 amide bonds. The normalized spacial score (nSPS) is 19.3. The molecule has 1 aliphatic heterocycles. The average molecular weight is 342 g/mol. The smallest absolute Gasteiger partial charge is 0.317 e. The molecule has 1 N–H and O–H groups in total. The van der Waals surface area contributed by atoms with Crippen molar-refractivity contribution in [3.05, 3.63) is 17.5 Å². The predicted octanol–water partition coefficient (Wildman–Crippen LogP) is 1.28. The SMILES string of the molecule is Cc1cc(C)n([C@H](C)CNC(=O)N(C)C2CCS(=O)(=O)CC2)n1. The lowest BCUT2D eigenvalue weighted by molar-refractivity contribution is 0.184. The average Bonchev–Trinajstić information content (AvgIpc) is 2.82. The summed E-state index contributed by atoms with van der Waals surface area (Å²) < 4.78 is 24.8. The van der Waals surface area contributed by atoms with E-state index in [0.717, 1.165) is 11.4 Å². The zero-order chi connectivity index (χ0) is 17.2. The molecule has 1 aliphatic rings. The van der Waals surface area contributed by atoms with Gasteiger partial charge in [-0.15, -0.1) is 0 Å². The van der Waals surface area contributed by atoms with Crippen LogP contribution in [0.4, 0.5) is 4.79 Å². The molecule has 7 nitrogen and oxygen atoms in total. The van der Waals surface area contributed by atoms with Gasteiger partial charge in [-0.2, -0.15) is 5.10 Å². The lowest BCUT2D eigenvalue weighted by atomic mass is 10.1. The maximum absolute atomic E-state index is 12.3. The van der Waals surface area contributed by atoms with E-state index in [1.165, 1.54) is 0 Å². The first-order valence-corrected chi connectivity index (χ1v) is 9.75. The van der Waals surface area contributed by atoms with Crippen LogP contribution in [0.25, 0.3) is 0 Å². The van der Waals surface area contributed by atoms with Gasteiger partial charge >= 0.3 is 6.03 Å². The number of nitrogens with zero attached hydrogens (tertiary/aromatic N) is 3. The number of amides is 2. The molecule has 2 rings (SSSR count).